The zero-order valence-electron chi connectivity index (χ0n) is 21.1. The van der Waals surface area contributed by atoms with Gasteiger partial charge in [0.25, 0.3) is 0 Å². The van der Waals surface area contributed by atoms with Gasteiger partial charge in [-0.1, -0.05) is 13.8 Å². The number of amides is 5. The molecule has 16 heteroatoms. The molecule has 0 aliphatic rings. The fourth-order valence-electron chi connectivity index (χ4n) is 3.13. The third-order valence-electron chi connectivity index (χ3n) is 4.98. The summed E-state index contributed by atoms with van der Waals surface area (Å²) < 4.78 is 0. The van der Waals surface area contributed by atoms with Crippen LogP contribution >= 0.6 is 0 Å². The van der Waals surface area contributed by atoms with Crippen LogP contribution in [0.2, 0.25) is 0 Å². The van der Waals surface area contributed by atoms with E-state index in [2.05, 4.69) is 20.9 Å². The van der Waals surface area contributed by atoms with E-state index in [9.17, 15) is 33.9 Å². The Morgan fingerprint density at radius 1 is 0.784 bits per heavy atom. The van der Waals surface area contributed by atoms with Crippen LogP contribution in [0, 0.1) is 5.92 Å². The van der Waals surface area contributed by atoms with Crippen molar-refractivity contribution in [3.8, 4) is 0 Å². The number of carboxylic acid groups (broad SMARTS) is 1. The highest BCUT2D eigenvalue weighted by atomic mass is 16.4. The minimum atomic E-state index is -1.65. The van der Waals surface area contributed by atoms with E-state index in [1.807, 2.05) is 0 Å². The van der Waals surface area contributed by atoms with Crippen LogP contribution in [0.3, 0.4) is 0 Å². The lowest BCUT2D eigenvalue weighted by atomic mass is 10.0. The molecule has 0 aliphatic carbocycles. The fraction of sp³-hybridized carbons (Fsp3) is 0.667. The van der Waals surface area contributed by atoms with Gasteiger partial charge in [0, 0.05) is 13.0 Å². The van der Waals surface area contributed by atoms with Crippen LogP contribution < -0.4 is 44.6 Å². The van der Waals surface area contributed by atoms with Crippen LogP contribution in [0.5, 0.6) is 0 Å². The summed E-state index contributed by atoms with van der Waals surface area (Å²) in [6, 6.07) is -5.10. The standard InChI is InChI=1S/C21H39N9O7/c1-10(2)8-13(29-17(33)11(22)4-3-7-27-21(25)26)19(35)28-12(5-6-15(23)31)18(34)30-14(20(36)37)9-16(24)32/h10-14H,3-9,22H2,1-2H3,(H2,23,31)(H2,24,32)(H,28,35)(H,29,33)(H,30,34)(H,36,37)(H4,25,26,27). The van der Waals surface area contributed by atoms with Crippen LogP contribution in [0.4, 0.5) is 0 Å². The van der Waals surface area contributed by atoms with E-state index < -0.39 is 66.1 Å². The average molecular weight is 530 g/mol. The molecule has 4 atom stereocenters. The number of nitrogens with two attached hydrogens (primary N) is 5. The predicted molar refractivity (Wildman–Crippen MR) is 133 cm³/mol. The summed E-state index contributed by atoms with van der Waals surface area (Å²) in [5.41, 5.74) is 26.6. The number of hydrogen-bond donors (Lipinski definition) is 9. The number of aliphatic carboxylic acids is 1. The van der Waals surface area contributed by atoms with Crippen molar-refractivity contribution in [2.24, 2.45) is 39.6 Å². The number of rotatable bonds is 18. The number of nitrogens with zero attached hydrogens (tertiary/aromatic N) is 1. The first-order valence-electron chi connectivity index (χ1n) is 11.6. The fourth-order valence-corrected chi connectivity index (χ4v) is 3.13. The van der Waals surface area contributed by atoms with Crippen LogP contribution in [0.1, 0.15) is 52.4 Å². The molecule has 16 nitrogen and oxygen atoms in total. The third kappa shape index (κ3) is 14.9. The highest BCUT2D eigenvalue weighted by Gasteiger charge is 2.31. The van der Waals surface area contributed by atoms with Crippen molar-refractivity contribution in [2.45, 2.75) is 76.5 Å². The molecule has 0 aromatic heterocycles. The van der Waals surface area contributed by atoms with Crippen molar-refractivity contribution in [1.29, 1.82) is 0 Å². The number of carbonyl (C=O) groups excluding carboxylic acids is 5. The first-order valence-corrected chi connectivity index (χ1v) is 11.6. The van der Waals surface area contributed by atoms with Gasteiger partial charge >= 0.3 is 5.97 Å². The van der Waals surface area contributed by atoms with E-state index in [1.54, 1.807) is 13.8 Å². The second-order valence-electron chi connectivity index (χ2n) is 8.88. The number of carbonyl (C=O) groups is 6. The Morgan fingerprint density at radius 3 is 1.81 bits per heavy atom. The molecule has 0 aromatic rings. The minimum Gasteiger partial charge on any atom is -0.480 e. The SMILES string of the molecule is CC(C)CC(NC(=O)C(N)CCCN=C(N)N)C(=O)NC(CCC(N)=O)C(=O)NC(CC(N)=O)C(=O)O. The Labute approximate surface area is 214 Å². The molecule has 0 spiro atoms. The molecule has 0 rings (SSSR count). The number of nitrogens with one attached hydrogen (secondary N) is 3. The summed E-state index contributed by atoms with van der Waals surface area (Å²) in [5, 5.41) is 16.3. The molecule has 4 unspecified atom stereocenters. The van der Waals surface area contributed by atoms with E-state index >= 15 is 0 Å². The monoisotopic (exact) mass is 529 g/mol. The summed E-state index contributed by atoms with van der Waals surface area (Å²) >= 11 is 0. The maximum Gasteiger partial charge on any atom is 0.326 e. The topological polar surface area (TPSA) is 301 Å². The van der Waals surface area contributed by atoms with E-state index in [4.69, 9.17) is 28.7 Å². The third-order valence-corrected chi connectivity index (χ3v) is 4.98. The van der Waals surface area contributed by atoms with Crippen LogP contribution in [-0.4, -0.2) is 77.3 Å². The summed E-state index contributed by atoms with van der Waals surface area (Å²) in [4.78, 5) is 75.9. The molecule has 14 N–H and O–H groups in total. The van der Waals surface area contributed by atoms with Crippen molar-refractivity contribution in [2.75, 3.05) is 6.54 Å². The molecule has 5 amide bonds. The zero-order valence-corrected chi connectivity index (χ0v) is 21.1. The van der Waals surface area contributed by atoms with E-state index in [0.29, 0.717) is 6.42 Å². The molecule has 210 valence electrons. The number of aliphatic imine (C=N–C) groups is 1. The highest BCUT2D eigenvalue weighted by Crippen LogP contribution is 2.08. The van der Waals surface area contributed by atoms with Crippen molar-refractivity contribution in [3.05, 3.63) is 0 Å². The van der Waals surface area contributed by atoms with Crippen molar-refractivity contribution >= 4 is 41.5 Å². The lowest BCUT2D eigenvalue weighted by molar-refractivity contribution is -0.144. The van der Waals surface area contributed by atoms with Gasteiger partial charge in [0.15, 0.2) is 5.96 Å². The normalized spacial score (nSPS) is 13.9. The van der Waals surface area contributed by atoms with Gasteiger partial charge in [-0.25, -0.2) is 4.79 Å². The van der Waals surface area contributed by atoms with Gasteiger partial charge in [-0.3, -0.25) is 29.0 Å². The van der Waals surface area contributed by atoms with Gasteiger partial charge in [-0.15, -0.1) is 0 Å². The maximum absolute atomic E-state index is 13.0. The predicted octanol–water partition coefficient (Wildman–Crippen LogP) is -3.91. The molecule has 0 aliphatic heterocycles. The lowest BCUT2D eigenvalue weighted by Crippen LogP contribution is -2.57. The first-order chi connectivity index (χ1) is 17.1. The maximum atomic E-state index is 13.0. The summed E-state index contributed by atoms with van der Waals surface area (Å²) in [5.74, 6) is -5.76. The summed E-state index contributed by atoms with van der Waals surface area (Å²) in [7, 11) is 0. The summed E-state index contributed by atoms with van der Waals surface area (Å²) in [6.45, 7) is 3.88. The molecule has 0 aromatic carbocycles. The van der Waals surface area contributed by atoms with Crippen LogP contribution in [-0.2, 0) is 28.8 Å². The lowest BCUT2D eigenvalue weighted by Gasteiger charge is -2.26. The first kappa shape index (κ1) is 33.0. The molecule has 0 fully saturated rings. The van der Waals surface area contributed by atoms with E-state index in [-0.39, 0.29) is 44.1 Å². The van der Waals surface area contributed by atoms with Crippen LogP contribution in [0.15, 0.2) is 4.99 Å². The molecule has 0 radical (unpaired) electrons. The summed E-state index contributed by atoms with van der Waals surface area (Å²) in [6.07, 6.45) is -0.430. The Kier molecular flexibility index (Phi) is 14.9. The number of hydrogen-bond acceptors (Lipinski definition) is 8. The number of carboxylic acids is 1. The Hall–Kier alpha value is -3.95. The second-order valence-corrected chi connectivity index (χ2v) is 8.88. The Balaban J connectivity index is 5.50. The number of primary amides is 2. The van der Waals surface area contributed by atoms with Gasteiger partial charge < -0.3 is 49.7 Å². The molecule has 0 saturated heterocycles. The van der Waals surface area contributed by atoms with Crippen molar-refractivity contribution in [1.82, 2.24) is 16.0 Å². The van der Waals surface area contributed by atoms with Gasteiger partial charge in [0.1, 0.15) is 18.1 Å². The molecule has 0 bridgehead atoms. The van der Waals surface area contributed by atoms with E-state index in [0.717, 1.165) is 0 Å². The molecule has 0 heterocycles. The Bertz CT molecular complexity index is 859. The second kappa shape index (κ2) is 16.7. The van der Waals surface area contributed by atoms with Gasteiger partial charge in [0.2, 0.25) is 29.5 Å². The van der Waals surface area contributed by atoms with E-state index in [1.165, 1.54) is 0 Å². The van der Waals surface area contributed by atoms with Crippen molar-refractivity contribution in [3.63, 3.8) is 0 Å². The molecule has 0 saturated carbocycles. The molecule has 37 heavy (non-hydrogen) atoms. The average Bonchev–Trinajstić information content (AvgIpc) is 2.76. The molecular formula is C21H39N9O7. The highest BCUT2D eigenvalue weighted by molar-refractivity contribution is 5.95. The van der Waals surface area contributed by atoms with Crippen LogP contribution in [0.25, 0.3) is 0 Å². The number of guanidine groups is 1. The zero-order chi connectivity index (χ0) is 28.7. The van der Waals surface area contributed by atoms with Gasteiger partial charge in [-0.2, -0.15) is 0 Å². The minimum absolute atomic E-state index is 0.0565. The largest absolute Gasteiger partial charge is 0.480 e. The molecular weight excluding hydrogens is 490 g/mol. The van der Waals surface area contributed by atoms with Gasteiger partial charge in [-0.05, 0) is 31.6 Å². The quantitative estimate of drug-likeness (QED) is 0.0472. The van der Waals surface area contributed by atoms with Crippen molar-refractivity contribution < 1.29 is 33.9 Å². The Morgan fingerprint density at radius 2 is 1.32 bits per heavy atom. The smallest absolute Gasteiger partial charge is 0.326 e. The van der Waals surface area contributed by atoms with Gasteiger partial charge in [0.05, 0.1) is 12.5 Å².